The third-order valence-electron chi connectivity index (χ3n) is 3.27. The highest BCUT2D eigenvalue weighted by Gasteiger charge is 2.39. The number of hydrogen-bond acceptors (Lipinski definition) is 4. The molecule has 1 aliphatic carbocycles. The van der Waals surface area contributed by atoms with Crippen LogP contribution in [0, 0.1) is 5.82 Å². The highest BCUT2D eigenvalue weighted by molar-refractivity contribution is 6.30. The van der Waals surface area contributed by atoms with Gasteiger partial charge in [-0.15, -0.1) is 0 Å². The van der Waals surface area contributed by atoms with E-state index in [1.165, 1.54) is 19.2 Å². The molecule has 0 amide bonds. The first-order valence-corrected chi connectivity index (χ1v) is 5.43. The van der Waals surface area contributed by atoms with Crippen LogP contribution in [0.25, 0.3) is 0 Å². The molecule has 2 aromatic rings. The third-order valence-corrected chi connectivity index (χ3v) is 3.27. The summed E-state index contributed by atoms with van der Waals surface area (Å²) in [4.78, 5) is 24.4. The van der Waals surface area contributed by atoms with Gasteiger partial charge in [-0.25, -0.2) is 4.39 Å². The number of fused-ring (bicyclic) bond motifs is 2. The molecule has 0 atom stereocenters. The van der Waals surface area contributed by atoms with Crippen molar-refractivity contribution < 1.29 is 24.2 Å². The summed E-state index contributed by atoms with van der Waals surface area (Å²) in [5.41, 5.74) is -1.13. The number of nitrogens with zero attached hydrogens (tertiary/aromatic N) is 1. The number of benzene rings is 1. The molecule has 96 valence electrons. The molecule has 6 heteroatoms. The molecule has 1 heterocycles. The first-order valence-electron chi connectivity index (χ1n) is 5.43. The number of aromatic nitrogens is 1. The Kier molecular flexibility index (Phi) is 2.08. The summed E-state index contributed by atoms with van der Waals surface area (Å²) >= 11 is 0. The third kappa shape index (κ3) is 1.22. The average Bonchev–Trinajstić information content (AvgIpc) is 2.61. The van der Waals surface area contributed by atoms with Crippen molar-refractivity contribution in [2.24, 2.45) is 7.05 Å². The maximum atomic E-state index is 13.7. The summed E-state index contributed by atoms with van der Waals surface area (Å²) in [5, 5.41) is 19.6. The van der Waals surface area contributed by atoms with Crippen LogP contribution in [0.2, 0.25) is 0 Å². The Bertz CT molecular complexity index is 760. The lowest BCUT2D eigenvalue weighted by atomic mass is 9.86. The largest absolute Gasteiger partial charge is 0.494 e. The Morgan fingerprint density at radius 2 is 1.58 bits per heavy atom. The van der Waals surface area contributed by atoms with Gasteiger partial charge in [0.15, 0.2) is 5.78 Å². The molecule has 0 fully saturated rings. The lowest BCUT2D eigenvalue weighted by molar-refractivity contribution is 0.0972. The van der Waals surface area contributed by atoms with Gasteiger partial charge in [-0.1, -0.05) is 12.1 Å². The fourth-order valence-corrected chi connectivity index (χ4v) is 2.29. The highest BCUT2D eigenvalue weighted by Crippen LogP contribution is 2.40. The summed E-state index contributed by atoms with van der Waals surface area (Å²) < 4.78 is 14.6. The number of hydrogen-bond donors (Lipinski definition) is 2. The molecule has 0 spiro atoms. The van der Waals surface area contributed by atoms with Crippen molar-refractivity contribution in [2.45, 2.75) is 0 Å². The molecule has 0 aliphatic heterocycles. The maximum absolute atomic E-state index is 13.7. The van der Waals surface area contributed by atoms with Gasteiger partial charge in [-0.05, 0) is 6.07 Å². The van der Waals surface area contributed by atoms with Crippen LogP contribution < -0.4 is 0 Å². The first kappa shape index (κ1) is 11.5. The Labute approximate surface area is 106 Å². The molecule has 19 heavy (non-hydrogen) atoms. The van der Waals surface area contributed by atoms with Crippen molar-refractivity contribution in [3.63, 3.8) is 0 Å². The second-order valence-electron chi connectivity index (χ2n) is 4.28. The van der Waals surface area contributed by atoms with Gasteiger partial charge in [0.25, 0.3) is 0 Å². The molecule has 1 aromatic heterocycles. The van der Waals surface area contributed by atoms with Gasteiger partial charge in [0, 0.05) is 12.6 Å². The van der Waals surface area contributed by atoms with Gasteiger partial charge in [0.1, 0.15) is 5.82 Å². The molecule has 5 nitrogen and oxygen atoms in total. The fourth-order valence-electron chi connectivity index (χ4n) is 2.29. The van der Waals surface area contributed by atoms with Crippen LogP contribution in [0.5, 0.6) is 11.8 Å². The lowest BCUT2D eigenvalue weighted by Crippen LogP contribution is -2.20. The minimum absolute atomic E-state index is 0.113. The van der Waals surface area contributed by atoms with Crippen molar-refractivity contribution in [1.29, 1.82) is 0 Å². The molecule has 0 radical (unpaired) electrons. The second-order valence-corrected chi connectivity index (χ2v) is 4.28. The van der Waals surface area contributed by atoms with E-state index in [1.807, 2.05) is 0 Å². The standard InChI is InChI=1S/C13H8FNO4/c1-15-12(18)8-9(13(15)19)11(17)7-5(10(8)16)3-2-4-6(7)14/h2-4,18-19H,1H3. The molecule has 3 rings (SSSR count). The van der Waals surface area contributed by atoms with Crippen LogP contribution in [-0.2, 0) is 7.05 Å². The van der Waals surface area contributed by atoms with Crippen molar-refractivity contribution in [2.75, 3.05) is 0 Å². The molecular weight excluding hydrogens is 253 g/mol. The van der Waals surface area contributed by atoms with Gasteiger partial charge in [0.2, 0.25) is 17.5 Å². The van der Waals surface area contributed by atoms with E-state index in [0.717, 1.165) is 10.6 Å². The predicted molar refractivity (Wildman–Crippen MR) is 62.0 cm³/mol. The van der Waals surface area contributed by atoms with E-state index in [0.29, 0.717) is 0 Å². The minimum atomic E-state index is -0.829. The summed E-state index contributed by atoms with van der Waals surface area (Å²) in [6.07, 6.45) is 0. The Morgan fingerprint density at radius 1 is 1.00 bits per heavy atom. The van der Waals surface area contributed by atoms with E-state index in [-0.39, 0.29) is 22.3 Å². The Hall–Kier alpha value is -2.63. The van der Waals surface area contributed by atoms with Crippen molar-refractivity contribution >= 4 is 11.6 Å². The number of rotatable bonds is 0. The topological polar surface area (TPSA) is 79.5 Å². The number of aromatic hydroxyl groups is 2. The molecular formula is C13H8FNO4. The van der Waals surface area contributed by atoms with Gasteiger partial charge in [-0.2, -0.15) is 0 Å². The van der Waals surface area contributed by atoms with Gasteiger partial charge < -0.3 is 10.2 Å². The molecule has 1 aromatic carbocycles. The van der Waals surface area contributed by atoms with E-state index in [2.05, 4.69) is 0 Å². The van der Waals surface area contributed by atoms with Gasteiger partial charge in [0.05, 0.1) is 16.7 Å². The predicted octanol–water partition coefficient (Wildman–Crippen LogP) is 1.35. The number of carbonyl (C=O) groups is 2. The van der Waals surface area contributed by atoms with Crippen molar-refractivity contribution in [3.05, 3.63) is 46.3 Å². The molecule has 2 N–H and O–H groups in total. The van der Waals surface area contributed by atoms with Crippen molar-refractivity contribution in [1.82, 2.24) is 4.57 Å². The Balaban J connectivity index is 2.43. The maximum Gasteiger partial charge on any atom is 0.205 e. The highest BCUT2D eigenvalue weighted by atomic mass is 19.1. The summed E-state index contributed by atoms with van der Waals surface area (Å²) in [7, 11) is 1.30. The zero-order valence-electron chi connectivity index (χ0n) is 9.77. The SMILES string of the molecule is Cn1c(O)c2c(c1O)C(=O)c1c(F)cccc1C2=O. The summed E-state index contributed by atoms with van der Waals surface area (Å²) in [6, 6.07) is 3.68. The van der Waals surface area contributed by atoms with Crippen LogP contribution in [0.4, 0.5) is 4.39 Å². The smallest absolute Gasteiger partial charge is 0.205 e. The monoisotopic (exact) mass is 261 g/mol. The van der Waals surface area contributed by atoms with E-state index in [4.69, 9.17) is 0 Å². The van der Waals surface area contributed by atoms with E-state index in [9.17, 15) is 24.2 Å². The molecule has 0 unspecified atom stereocenters. The zero-order chi connectivity index (χ0) is 13.9. The van der Waals surface area contributed by atoms with E-state index < -0.39 is 29.1 Å². The molecule has 0 bridgehead atoms. The normalized spacial score (nSPS) is 13.4. The van der Waals surface area contributed by atoms with E-state index in [1.54, 1.807) is 0 Å². The van der Waals surface area contributed by atoms with E-state index >= 15 is 0 Å². The fraction of sp³-hybridized carbons (Fsp3) is 0.0769. The number of carbonyl (C=O) groups excluding carboxylic acids is 2. The molecule has 1 aliphatic rings. The van der Waals surface area contributed by atoms with Crippen LogP contribution in [-0.4, -0.2) is 26.3 Å². The average molecular weight is 261 g/mol. The van der Waals surface area contributed by atoms with Gasteiger partial charge >= 0.3 is 0 Å². The lowest BCUT2D eigenvalue weighted by Gasteiger charge is -2.14. The summed E-state index contributed by atoms with van der Waals surface area (Å²) in [5.74, 6) is -3.39. The van der Waals surface area contributed by atoms with Gasteiger partial charge in [-0.3, -0.25) is 14.2 Å². The molecule has 0 saturated heterocycles. The van der Waals surface area contributed by atoms with Crippen molar-refractivity contribution in [3.8, 4) is 11.8 Å². The second kappa shape index (κ2) is 3.44. The molecule has 0 saturated carbocycles. The van der Waals surface area contributed by atoms with Crippen LogP contribution in [0.1, 0.15) is 31.8 Å². The number of halogens is 1. The van der Waals surface area contributed by atoms with Crippen LogP contribution in [0.15, 0.2) is 18.2 Å². The zero-order valence-corrected chi connectivity index (χ0v) is 9.77. The van der Waals surface area contributed by atoms with Crippen LogP contribution >= 0.6 is 0 Å². The summed E-state index contributed by atoms with van der Waals surface area (Å²) in [6.45, 7) is 0. The number of ketones is 2. The van der Waals surface area contributed by atoms with Crippen LogP contribution in [0.3, 0.4) is 0 Å². The first-order chi connectivity index (χ1) is 8.95. The Morgan fingerprint density at radius 3 is 2.21 bits per heavy atom. The minimum Gasteiger partial charge on any atom is -0.494 e. The quantitative estimate of drug-likeness (QED) is 0.640.